The zero-order valence-electron chi connectivity index (χ0n) is 12.5. The second kappa shape index (κ2) is 8.47. The summed E-state index contributed by atoms with van der Waals surface area (Å²) >= 11 is 0. The molecule has 0 aromatic carbocycles. The van der Waals surface area contributed by atoms with Crippen molar-refractivity contribution in [1.29, 1.82) is 0 Å². The van der Waals surface area contributed by atoms with Crippen LogP contribution in [0.2, 0.25) is 0 Å². The number of hydrogen-bond acceptors (Lipinski definition) is 5. The van der Waals surface area contributed by atoms with E-state index in [2.05, 4.69) is 33.6 Å². The maximum Gasteiger partial charge on any atom is 0.338 e. The first-order valence-electron chi connectivity index (χ1n) is 7.14. The van der Waals surface area contributed by atoms with Crippen LogP contribution in [0.3, 0.4) is 0 Å². The third kappa shape index (κ3) is 4.77. The van der Waals surface area contributed by atoms with E-state index in [-0.39, 0.29) is 5.56 Å². The summed E-state index contributed by atoms with van der Waals surface area (Å²) in [5, 5.41) is 8.83. The maximum absolute atomic E-state index is 10.8. The fourth-order valence-electron chi connectivity index (χ4n) is 2.02. The number of carboxylic acids is 1. The fraction of sp³-hybridized carbons (Fsp3) is 0.643. The third-order valence-corrected chi connectivity index (χ3v) is 3.35. The Morgan fingerprint density at radius 2 is 1.70 bits per heavy atom. The minimum atomic E-state index is -0.999. The molecule has 0 radical (unpaired) electrons. The molecule has 1 aromatic heterocycles. The smallest absolute Gasteiger partial charge is 0.338 e. The Kier molecular flexibility index (Phi) is 6.93. The van der Waals surface area contributed by atoms with Gasteiger partial charge in [-0.3, -0.25) is 0 Å². The summed E-state index contributed by atoms with van der Waals surface area (Å²) in [6.07, 6.45) is 3.76. The number of anilines is 1. The first kappa shape index (κ1) is 16.4. The molecule has 1 N–H and O–H groups in total. The Balaban J connectivity index is 2.55. The van der Waals surface area contributed by atoms with Crippen LogP contribution in [0.15, 0.2) is 12.4 Å². The van der Waals surface area contributed by atoms with Gasteiger partial charge in [-0.1, -0.05) is 13.8 Å². The first-order chi connectivity index (χ1) is 9.62. The van der Waals surface area contributed by atoms with Crippen molar-refractivity contribution in [3.8, 4) is 0 Å². The second-order valence-corrected chi connectivity index (χ2v) is 4.54. The van der Waals surface area contributed by atoms with Gasteiger partial charge in [0.1, 0.15) is 0 Å². The molecule has 0 aliphatic heterocycles. The number of nitrogens with zero attached hydrogens (tertiary/aromatic N) is 4. The van der Waals surface area contributed by atoms with E-state index in [9.17, 15) is 4.79 Å². The molecule has 6 heteroatoms. The molecule has 0 spiro atoms. The lowest BCUT2D eigenvalue weighted by molar-refractivity contribution is 0.0696. The van der Waals surface area contributed by atoms with E-state index in [4.69, 9.17) is 5.11 Å². The summed E-state index contributed by atoms with van der Waals surface area (Å²) in [5.74, 6) is -0.404. The monoisotopic (exact) mass is 280 g/mol. The predicted octanol–water partition coefficient (Wildman–Crippen LogP) is 1.73. The van der Waals surface area contributed by atoms with Crippen molar-refractivity contribution in [2.24, 2.45) is 0 Å². The van der Waals surface area contributed by atoms with Gasteiger partial charge < -0.3 is 14.9 Å². The van der Waals surface area contributed by atoms with Crippen molar-refractivity contribution in [1.82, 2.24) is 14.9 Å². The molecular weight excluding hydrogens is 256 g/mol. The average molecular weight is 280 g/mol. The Labute approximate surface area is 120 Å². The number of carbonyl (C=O) groups is 1. The summed E-state index contributed by atoms with van der Waals surface area (Å²) < 4.78 is 0. The molecule has 0 bridgehead atoms. The van der Waals surface area contributed by atoms with Crippen LogP contribution in [0.5, 0.6) is 0 Å². The average Bonchev–Trinajstić information content (AvgIpc) is 2.48. The zero-order valence-corrected chi connectivity index (χ0v) is 12.5. The van der Waals surface area contributed by atoms with Crippen molar-refractivity contribution in [3.63, 3.8) is 0 Å². The van der Waals surface area contributed by atoms with Gasteiger partial charge in [-0.15, -0.1) is 0 Å². The van der Waals surface area contributed by atoms with Crippen LogP contribution in [-0.2, 0) is 0 Å². The number of rotatable bonds is 9. The van der Waals surface area contributed by atoms with Crippen LogP contribution in [0.1, 0.15) is 37.6 Å². The highest BCUT2D eigenvalue weighted by atomic mass is 16.4. The minimum absolute atomic E-state index is 0.118. The molecule has 20 heavy (non-hydrogen) atoms. The molecule has 0 aliphatic carbocycles. The van der Waals surface area contributed by atoms with Crippen LogP contribution in [0.4, 0.5) is 5.95 Å². The molecule has 6 nitrogen and oxygen atoms in total. The molecule has 112 valence electrons. The Morgan fingerprint density at radius 1 is 1.10 bits per heavy atom. The van der Waals surface area contributed by atoms with Gasteiger partial charge in [0.05, 0.1) is 5.56 Å². The van der Waals surface area contributed by atoms with Gasteiger partial charge in [0.2, 0.25) is 5.95 Å². The minimum Gasteiger partial charge on any atom is -0.478 e. The lowest BCUT2D eigenvalue weighted by atomic mass is 10.3. The topological polar surface area (TPSA) is 69.6 Å². The lowest BCUT2D eigenvalue weighted by Gasteiger charge is -2.23. The van der Waals surface area contributed by atoms with E-state index in [0.29, 0.717) is 5.95 Å². The van der Waals surface area contributed by atoms with Crippen LogP contribution in [0, 0.1) is 0 Å². The van der Waals surface area contributed by atoms with Gasteiger partial charge in [-0.05, 0) is 33.0 Å². The van der Waals surface area contributed by atoms with E-state index in [1.807, 2.05) is 6.92 Å². The van der Waals surface area contributed by atoms with E-state index in [1.165, 1.54) is 12.4 Å². The van der Waals surface area contributed by atoms with Crippen LogP contribution >= 0.6 is 0 Å². The molecule has 1 aromatic rings. The van der Waals surface area contributed by atoms with Crippen LogP contribution in [0.25, 0.3) is 0 Å². The molecule has 0 unspecified atom stereocenters. The van der Waals surface area contributed by atoms with Crippen molar-refractivity contribution in [3.05, 3.63) is 18.0 Å². The zero-order chi connectivity index (χ0) is 15.0. The highest BCUT2D eigenvalue weighted by Gasteiger charge is 2.10. The molecular formula is C14H24N4O2. The summed E-state index contributed by atoms with van der Waals surface area (Å²) in [5.41, 5.74) is 0.118. The van der Waals surface area contributed by atoms with Crippen LogP contribution in [-0.4, -0.2) is 58.7 Å². The van der Waals surface area contributed by atoms with Gasteiger partial charge in [0.15, 0.2) is 0 Å². The van der Waals surface area contributed by atoms with Gasteiger partial charge in [-0.25, -0.2) is 14.8 Å². The Hall–Kier alpha value is -1.69. The Morgan fingerprint density at radius 3 is 2.15 bits per heavy atom. The van der Waals surface area contributed by atoms with Crippen molar-refractivity contribution in [2.75, 3.05) is 37.6 Å². The fourth-order valence-corrected chi connectivity index (χ4v) is 2.02. The third-order valence-electron chi connectivity index (χ3n) is 3.35. The predicted molar refractivity (Wildman–Crippen MR) is 79.3 cm³/mol. The van der Waals surface area contributed by atoms with Gasteiger partial charge in [0, 0.05) is 25.5 Å². The van der Waals surface area contributed by atoms with Gasteiger partial charge >= 0.3 is 5.97 Å². The molecule has 0 saturated heterocycles. The lowest BCUT2D eigenvalue weighted by Crippen LogP contribution is -2.31. The van der Waals surface area contributed by atoms with Gasteiger partial charge in [0.25, 0.3) is 0 Å². The number of aromatic nitrogens is 2. The molecule has 0 aliphatic rings. The molecule has 0 saturated carbocycles. The SMILES string of the molecule is CCN(CC)CCCN(CC)c1ncc(C(=O)O)cn1. The molecule has 0 atom stereocenters. The largest absolute Gasteiger partial charge is 0.478 e. The first-order valence-corrected chi connectivity index (χ1v) is 7.14. The van der Waals surface area contributed by atoms with E-state index in [0.717, 1.165) is 39.1 Å². The quantitative estimate of drug-likeness (QED) is 0.743. The van der Waals surface area contributed by atoms with Crippen LogP contribution < -0.4 is 4.90 Å². The highest BCUT2D eigenvalue weighted by molar-refractivity contribution is 5.86. The van der Waals surface area contributed by atoms with E-state index in [1.54, 1.807) is 0 Å². The van der Waals surface area contributed by atoms with E-state index < -0.39 is 5.97 Å². The highest BCUT2D eigenvalue weighted by Crippen LogP contribution is 2.08. The van der Waals surface area contributed by atoms with Crippen molar-refractivity contribution in [2.45, 2.75) is 27.2 Å². The summed E-state index contributed by atoms with van der Waals surface area (Å²) in [6.45, 7) is 11.2. The van der Waals surface area contributed by atoms with Crippen molar-refractivity contribution < 1.29 is 9.90 Å². The summed E-state index contributed by atoms with van der Waals surface area (Å²) in [4.78, 5) is 23.5. The molecule has 1 rings (SSSR count). The van der Waals surface area contributed by atoms with Crippen molar-refractivity contribution >= 4 is 11.9 Å². The number of aromatic carboxylic acids is 1. The second-order valence-electron chi connectivity index (χ2n) is 4.54. The summed E-state index contributed by atoms with van der Waals surface area (Å²) in [7, 11) is 0. The Bertz CT molecular complexity index is 404. The number of hydrogen-bond donors (Lipinski definition) is 1. The number of carboxylic acid groups (broad SMARTS) is 1. The standard InChI is InChI=1S/C14H24N4O2/c1-4-17(5-2)8-7-9-18(6-3)14-15-10-12(11-16-14)13(19)20/h10-11H,4-9H2,1-3H3,(H,19,20). The van der Waals surface area contributed by atoms with Gasteiger partial charge in [-0.2, -0.15) is 0 Å². The summed E-state index contributed by atoms with van der Waals surface area (Å²) in [6, 6.07) is 0. The van der Waals surface area contributed by atoms with E-state index >= 15 is 0 Å². The normalized spacial score (nSPS) is 10.8. The molecule has 1 heterocycles. The molecule has 0 amide bonds. The maximum atomic E-state index is 10.8. The molecule has 0 fully saturated rings.